The average Bonchev–Trinajstić information content (AvgIpc) is 2.63. The van der Waals surface area contributed by atoms with Crippen molar-refractivity contribution in [1.29, 1.82) is 0 Å². The third-order valence-electron chi connectivity index (χ3n) is 4.60. The van der Waals surface area contributed by atoms with Crippen molar-refractivity contribution in [3.05, 3.63) is 66.0 Å². The molecular weight excluding hydrogens is 333 g/mol. The maximum absolute atomic E-state index is 14.1. The second kappa shape index (κ2) is 7.87. The molecular formula is C21H24FNO3. The lowest BCUT2D eigenvalue weighted by atomic mass is 9.97. The van der Waals surface area contributed by atoms with Crippen LogP contribution < -0.4 is 4.74 Å². The van der Waals surface area contributed by atoms with Crippen molar-refractivity contribution in [3.63, 3.8) is 0 Å². The molecule has 0 N–H and O–H groups in total. The molecule has 1 fully saturated rings. The number of amides is 1. The summed E-state index contributed by atoms with van der Waals surface area (Å²) in [4.78, 5) is 14.5. The summed E-state index contributed by atoms with van der Waals surface area (Å²) >= 11 is 0. The zero-order chi connectivity index (χ0) is 18.6. The molecule has 2 aromatic rings. The van der Waals surface area contributed by atoms with Crippen LogP contribution in [0.15, 0.2) is 54.6 Å². The van der Waals surface area contributed by atoms with E-state index in [9.17, 15) is 9.18 Å². The van der Waals surface area contributed by atoms with Gasteiger partial charge in [-0.3, -0.25) is 4.79 Å². The molecule has 1 saturated heterocycles. The Morgan fingerprint density at radius 1 is 1.19 bits per heavy atom. The maximum Gasteiger partial charge on any atom is 0.226 e. The number of ether oxygens (including phenoxy) is 2. The van der Waals surface area contributed by atoms with Crippen molar-refractivity contribution in [3.8, 4) is 5.75 Å². The number of hydrogen-bond acceptors (Lipinski definition) is 3. The van der Waals surface area contributed by atoms with Gasteiger partial charge < -0.3 is 14.4 Å². The van der Waals surface area contributed by atoms with Crippen LogP contribution in [0.3, 0.4) is 0 Å². The van der Waals surface area contributed by atoms with Gasteiger partial charge in [0.05, 0.1) is 31.7 Å². The largest absolute Gasteiger partial charge is 0.493 e. The molecule has 5 heteroatoms. The number of nitrogens with zero attached hydrogens (tertiary/aromatic N) is 1. The van der Waals surface area contributed by atoms with E-state index in [4.69, 9.17) is 9.47 Å². The Hall–Kier alpha value is -2.40. The van der Waals surface area contributed by atoms with Gasteiger partial charge in [0.25, 0.3) is 0 Å². The number of halogens is 1. The second-order valence-corrected chi connectivity index (χ2v) is 7.05. The Morgan fingerprint density at radius 2 is 1.88 bits per heavy atom. The molecule has 1 unspecified atom stereocenters. The fourth-order valence-electron chi connectivity index (χ4n) is 3.12. The van der Waals surface area contributed by atoms with Gasteiger partial charge in [0, 0.05) is 5.56 Å². The molecule has 0 spiro atoms. The first-order valence-electron chi connectivity index (χ1n) is 8.82. The van der Waals surface area contributed by atoms with Gasteiger partial charge in [-0.2, -0.15) is 0 Å². The number of carbonyl (C=O) groups excluding carboxylic acids is 1. The summed E-state index contributed by atoms with van der Waals surface area (Å²) in [5.74, 6) is 0.415. The third kappa shape index (κ3) is 4.22. The minimum Gasteiger partial charge on any atom is -0.493 e. The smallest absolute Gasteiger partial charge is 0.226 e. The minimum absolute atomic E-state index is 0.0180. The Bertz CT molecular complexity index is 748. The van der Waals surface area contributed by atoms with Crippen molar-refractivity contribution in [2.75, 3.05) is 19.8 Å². The summed E-state index contributed by atoms with van der Waals surface area (Å²) in [6.45, 7) is 4.91. The zero-order valence-corrected chi connectivity index (χ0v) is 15.2. The van der Waals surface area contributed by atoms with Gasteiger partial charge in [0.1, 0.15) is 17.7 Å². The van der Waals surface area contributed by atoms with E-state index in [0.29, 0.717) is 25.3 Å². The van der Waals surface area contributed by atoms with Crippen LogP contribution in [-0.2, 0) is 9.53 Å². The summed E-state index contributed by atoms with van der Waals surface area (Å²) in [7, 11) is 0. The standard InChI is InChI=1S/C21H24FNO3/c1-21(2)15-26-19(17-10-6-7-11-18(17)22)14-23(21)20(24)12-13-25-16-8-4-3-5-9-16/h3-11,19H,12-15H2,1-2H3. The van der Waals surface area contributed by atoms with Gasteiger partial charge in [0.15, 0.2) is 0 Å². The second-order valence-electron chi connectivity index (χ2n) is 7.05. The highest BCUT2D eigenvalue weighted by molar-refractivity contribution is 5.77. The summed E-state index contributed by atoms with van der Waals surface area (Å²) in [5.41, 5.74) is 0.0484. The molecule has 1 aliphatic heterocycles. The summed E-state index contributed by atoms with van der Waals surface area (Å²) in [6, 6.07) is 16.0. The summed E-state index contributed by atoms with van der Waals surface area (Å²) in [5, 5.41) is 0. The van der Waals surface area contributed by atoms with Crippen LogP contribution >= 0.6 is 0 Å². The monoisotopic (exact) mass is 357 g/mol. The molecule has 0 saturated carbocycles. The van der Waals surface area contributed by atoms with Crippen LogP contribution in [0.4, 0.5) is 4.39 Å². The van der Waals surface area contributed by atoms with E-state index in [1.807, 2.05) is 44.2 Å². The average molecular weight is 357 g/mol. The Morgan fingerprint density at radius 3 is 2.62 bits per heavy atom. The number of carbonyl (C=O) groups is 1. The first-order chi connectivity index (χ1) is 12.5. The zero-order valence-electron chi connectivity index (χ0n) is 15.2. The van der Waals surface area contributed by atoms with Gasteiger partial charge in [-0.25, -0.2) is 4.39 Å². The summed E-state index contributed by atoms with van der Waals surface area (Å²) < 4.78 is 25.6. The normalized spacial score (nSPS) is 19.2. The van der Waals surface area contributed by atoms with E-state index in [1.54, 1.807) is 23.1 Å². The van der Waals surface area contributed by atoms with Gasteiger partial charge in [-0.05, 0) is 32.0 Å². The molecule has 0 bridgehead atoms. The predicted octanol–water partition coefficient (Wildman–Crippen LogP) is 3.97. The fraction of sp³-hybridized carbons (Fsp3) is 0.381. The predicted molar refractivity (Wildman–Crippen MR) is 97.4 cm³/mol. The lowest BCUT2D eigenvalue weighted by Crippen LogP contribution is -2.56. The van der Waals surface area contributed by atoms with Gasteiger partial charge in [0.2, 0.25) is 5.91 Å². The molecule has 1 heterocycles. The SMILES string of the molecule is CC1(C)COC(c2ccccc2F)CN1C(=O)CCOc1ccccc1. The molecule has 2 aromatic carbocycles. The van der Waals surface area contributed by atoms with Crippen LogP contribution in [-0.4, -0.2) is 36.1 Å². The van der Waals surface area contributed by atoms with Crippen molar-refractivity contribution in [2.45, 2.75) is 31.9 Å². The molecule has 1 aliphatic rings. The topological polar surface area (TPSA) is 38.8 Å². The molecule has 26 heavy (non-hydrogen) atoms. The Kier molecular flexibility index (Phi) is 5.57. The van der Waals surface area contributed by atoms with E-state index >= 15 is 0 Å². The van der Waals surface area contributed by atoms with Crippen LogP contribution in [0.25, 0.3) is 0 Å². The quantitative estimate of drug-likeness (QED) is 0.813. The van der Waals surface area contributed by atoms with Crippen LogP contribution in [0, 0.1) is 5.82 Å². The van der Waals surface area contributed by atoms with Crippen molar-refractivity contribution >= 4 is 5.91 Å². The highest BCUT2D eigenvalue weighted by atomic mass is 19.1. The summed E-state index contributed by atoms with van der Waals surface area (Å²) in [6.07, 6.45) is -0.189. The maximum atomic E-state index is 14.1. The first-order valence-corrected chi connectivity index (χ1v) is 8.82. The van der Waals surface area contributed by atoms with Crippen molar-refractivity contribution < 1.29 is 18.7 Å². The van der Waals surface area contributed by atoms with Crippen molar-refractivity contribution in [1.82, 2.24) is 4.90 Å². The molecule has 1 atom stereocenters. The van der Waals surface area contributed by atoms with E-state index in [1.165, 1.54) is 6.07 Å². The molecule has 1 amide bonds. The van der Waals surface area contributed by atoms with Gasteiger partial charge in [-0.1, -0.05) is 36.4 Å². The van der Waals surface area contributed by atoms with E-state index in [2.05, 4.69) is 0 Å². The number of hydrogen-bond donors (Lipinski definition) is 0. The van der Waals surface area contributed by atoms with E-state index in [-0.39, 0.29) is 18.1 Å². The van der Waals surface area contributed by atoms with Crippen LogP contribution in [0.5, 0.6) is 5.75 Å². The number of morpholine rings is 1. The highest BCUT2D eigenvalue weighted by Gasteiger charge is 2.38. The molecule has 4 nitrogen and oxygen atoms in total. The minimum atomic E-state index is -0.455. The fourth-order valence-corrected chi connectivity index (χ4v) is 3.12. The van der Waals surface area contributed by atoms with E-state index < -0.39 is 11.6 Å². The van der Waals surface area contributed by atoms with E-state index in [0.717, 1.165) is 5.75 Å². The highest BCUT2D eigenvalue weighted by Crippen LogP contribution is 2.31. The molecule has 138 valence electrons. The molecule has 0 aliphatic carbocycles. The lowest BCUT2D eigenvalue weighted by Gasteiger charge is -2.45. The van der Waals surface area contributed by atoms with Crippen LogP contribution in [0.2, 0.25) is 0 Å². The van der Waals surface area contributed by atoms with Crippen molar-refractivity contribution in [2.24, 2.45) is 0 Å². The number of benzene rings is 2. The Balaban J connectivity index is 1.63. The number of rotatable bonds is 5. The van der Waals surface area contributed by atoms with Crippen LogP contribution in [0.1, 0.15) is 31.9 Å². The third-order valence-corrected chi connectivity index (χ3v) is 4.60. The molecule has 3 rings (SSSR count). The first kappa shape index (κ1) is 18.4. The molecule has 0 aromatic heterocycles. The number of para-hydroxylation sites is 1. The molecule has 0 radical (unpaired) electrons. The van der Waals surface area contributed by atoms with Gasteiger partial charge >= 0.3 is 0 Å². The van der Waals surface area contributed by atoms with Gasteiger partial charge in [-0.15, -0.1) is 0 Å². The lowest BCUT2D eigenvalue weighted by molar-refractivity contribution is -0.155. The Labute approximate surface area is 153 Å².